The minimum atomic E-state index is 0.310. The molecule has 21 heavy (non-hydrogen) atoms. The Bertz CT molecular complexity index is 367. The number of ether oxygens (including phenoxy) is 1. The molecule has 0 N–H and O–H groups in total. The van der Waals surface area contributed by atoms with Gasteiger partial charge in [-0.1, -0.05) is 13.3 Å². The van der Waals surface area contributed by atoms with Crippen LogP contribution in [0.25, 0.3) is 0 Å². The van der Waals surface area contributed by atoms with E-state index in [9.17, 15) is 4.79 Å². The molecule has 0 aromatic carbocycles. The molecule has 0 radical (unpaired) electrons. The van der Waals surface area contributed by atoms with Crippen molar-refractivity contribution in [3.63, 3.8) is 0 Å². The maximum Gasteiger partial charge on any atom is 0.225 e. The number of likely N-dealkylation sites (tertiary alicyclic amines) is 1. The summed E-state index contributed by atoms with van der Waals surface area (Å²) >= 11 is 0. The van der Waals surface area contributed by atoms with E-state index in [-0.39, 0.29) is 0 Å². The highest BCUT2D eigenvalue weighted by Gasteiger charge is 2.48. The first-order valence-corrected chi connectivity index (χ1v) is 9.04. The second-order valence-corrected chi connectivity index (χ2v) is 7.56. The zero-order valence-corrected chi connectivity index (χ0v) is 13.8. The average Bonchev–Trinajstić information content (AvgIpc) is 2.84. The second-order valence-electron chi connectivity index (χ2n) is 7.56. The molecule has 0 aromatic heterocycles. The molecule has 1 saturated carbocycles. The largest absolute Gasteiger partial charge is 0.381 e. The summed E-state index contributed by atoms with van der Waals surface area (Å²) < 4.78 is 5.54. The first kappa shape index (κ1) is 15.3. The molecule has 3 aliphatic rings. The standard InChI is InChI=1S/C18H31NO2/c1-3-15-4-6-16(7-5-15)17(20)19-11-8-18(14(19)2)9-12-21-13-10-18/h14-16H,3-13H2,1-2H3/t14-,15?,16?/m0/s1. The van der Waals surface area contributed by atoms with Crippen LogP contribution < -0.4 is 0 Å². The molecular weight excluding hydrogens is 262 g/mol. The van der Waals surface area contributed by atoms with Gasteiger partial charge < -0.3 is 9.64 Å². The van der Waals surface area contributed by atoms with Gasteiger partial charge in [-0.3, -0.25) is 4.79 Å². The molecule has 3 fully saturated rings. The van der Waals surface area contributed by atoms with Crippen molar-refractivity contribution in [2.45, 2.75) is 71.3 Å². The van der Waals surface area contributed by atoms with Gasteiger partial charge in [0.1, 0.15) is 0 Å². The van der Waals surface area contributed by atoms with Crippen molar-refractivity contribution in [3.05, 3.63) is 0 Å². The first-order chi connectivity index (χ1) is 10.2. The van der Waals surface area contributed by atoms with Gasteiger partial charge in [0, 0.05) is 31.7 Å². The quantitative estimate of drug-likeness (QED) is 0.778. The lowest BCUT2D eigenvalue weighted by molar-refractivity contribution is -0.139. The number of hydrogen-bond donors (Lipinski definition) is 0. The smallest absolute Gasteiger partial charge is 0.225 e. The Morgan fingerprint density at radius 3 is 2.43 bits per heavy atom. The van der Waals surface area contributed by atoms with E-state index in [1.165, 1.54) is 25.7 Å². The van der Waals surface area contributed by atoms with Crippen molar-refractivity contribution in [1.29, 1.82) is 0 Å². The maximum atomic E-state index is 12.9. The van der Waals surface area contributed by atoms with Crippen molar-refractivity contribution in [1.82, 2.24) is 4.90 Å². The van der Waals surface area contributed by atoms with Gasteiger partial charge in [-0.05, 0) is 63.2 Å². The van der Waals surface area contributed by atoms with Gasteiger partial charge in [-0.15, -0.1) is 0 Å². The molecule has 0 aromatic rings. The van der Waals surface area contributed by atoms with Gasteiger partial charge in [0.05, 0.1) is 0 Å². The third-order valence-electron chi connectivity index (χ3n) is 6.75. The van der Waals surface area contributed by atoms with Crippen molar-refractivity contribution in [2.24, 2.45) is 17.3 Å². The molecule has 120 valence electrons. The van der Waals surface area contributed by atoms with E-state index in [4.69, 9.17) is 4.74 Å². The molecule has 3 heteroatoms. The van der Waals surface area contributed by atoms with Gasteiger partial charge in [0.25, 0.3) is 0 Å². The van der Waals surface area contributed by atoms with Crippen LogP contribution in [-0.4, -0.2) is 36.6 Å². The highest BCUT2D eigenvalue weighted by molar-refractivity contribution is 5.79. The summed E-state index contributed by atoms with van der Waals surface area (Å²) in [4.78, 5) is 15.2. The molecule has 1 atom stereocenters. The Morgan fingerprint density at radius 2 is 1.81 bits per heavy atom. The molecule has 3 rings (SSSR count). The number of carbonyl (C=O) groups is 1. The van der Waals surface area contributed by atoms with E-state index in [1.807, 2.05) is 0 Å². The van der Waals surface area contributed by atoms with Crippen molar-refractivity contribution >= 4 is 5.91 Å². The van der Waals surface area contributed by atoms with Crippen molar-refractivity contribution in [3.8, 4) is 0 Å². The SMILES string of the molecule is CCC1CCC(C(=O)N2CCC3(CCOCC3)[C@@H]2C)CC1. The summed E-state index contributed by atoms with van der Waals surface area (Å²) in [6.45, 7) is 7.31. The summed E-state index contributed by atoms with van der Waals surface area (Å²) in [7, 11) is 0. The third-order valence-corrected chi connectivity index (χ3v) is 6.75. The molecule has 0 unspecified atom stereocenters. The monoisotopic (exact) mass is 293 g/mol. The fourth-order valence-electron chi connectivity index (χ4n) is 4.88. The summed E-state index contributed by atoms with van der Waals surface area (Å²) in [6.07, 6.45) is 9.51. The van der Waals surface area contributed by atoms with E-state index in [0.717, 1.165) is 51.4 Å². The molecule has 1 spiro atoms. The van der Waals surface area contributed by atoms with Crippen LogP contribution in [0.3, 0.4) is 0 Å². The molecule has 2 aliphatic heterocycles. The number of nitrogens with zero attached hydrogens (tertiary/aromatic N) is 1. The minimum Gasteiger partial charge on any atom is -0.381 e. The Balaban J connectivity index is 1.61. The maximum absolute atomic E-state index is 12.9. The lowest BCUT2D eigenvalue weighted by atomic mass is 9.74. The van der Waals surface area contributed by atoms with Gasteiger partial charge in [0.2, 0.25) is 5.91 Å². The van der Waals surface area contributed by atoms with Gasteiger partial charge in [0.15, 0.2) is 0 Å². The van der Waals surface area contributed by atoms with E-state index >= 15 is 0 Å². The number of amides is 1. The molecule has 0 bridgehead atoms. The summed E-state index contributed by atoms with van der Waals surface area (Å²) in [5.41, 5.74) is 0.356. The fourth-order valence-corrected chi connectivity index (χ4v) is 4.88. The molecular formula is C18H31NO2. The van der Waals surface area contributed by atoms with Crippen LogP contribution in [0.15, 0.2) is 0 Å². The first-order valence-electron chi connectivity index (χ1n) is 9.04. The Morgan fingerprint density at radius 1 is 1.14 bits per heavy atom. The number of hydrogen-bond acceptors (Lipinski definition) is 2. The Kier molecular flexibility index (Phi) is 4.58. The van der Waals surface area contributed by atoms with Crippen molar-refractivity contribution in [2.75, 3.05) is 19.8 Å². The highest BCUT2D eigenvalue weighted by Crippen LogP contribution is 2.46. The minimum absolute atomic E-state index is 0.310. The van der Waals surface area contributed by atoms with E-state index in [0.29, 0.717) is 23.3 Å². The fraction of sp³-hybridized carbons (Fsp3) is 0.944. The number of rotatable bonds is 2. The van der Waals surface area contributed by atoms with E-state index in [2.05, 4.69) is 18.7 Å². The van der Waals surface area contributed by atoms with Crippen molar-refractivity contribution < 1.29 is 9.53 Å². The predicted molar refractivity (Wildman–Crippen MR) is 84.0 cm³/mol. The second kappa shape index (κ2) is 6.28. The van der Waals surface area contributed by atoms with Gasteiger partial charge in [-0.2, -0.15) is 0 Å². The zero-order valence-electron chi connectivity index (χ0n) is 13.8. The summed E-state index contributed by atoms with van der Waals surface area (Å²) in [5.74, 6) is 1.64. The van der Waals surface area contributed by atoms with Gasteiger partial charge in [-0.25, -0.2) is 0 Å². The summed E-state index contributed by atoms with van der Waals surface area (Å²) in [6, 6.07) is 0.415. The van der Waals surface area contributed by atoms with E-state index in [1.54, 1.807) is 0 Å². The van der Waals surface area contributed by atoms with Gasteiger partial charge >= 0.3 is 0 Å². The Hall–Kier alpha value is -0.570. The van der Waals surface area contributed by atoms with Crippen LogP contribution in [-0.2, 0) is 9.53 Å². The third kappa shape index (κ3) is 2.86. The predicted octanol–water partition coefficient (Wildman–Crippen LogP) is 3.62. The van der Waals surface area contributed by atoms with Crippen LogP contribution in [0, 0.1) is 17.3 Å². The lowest BCUT2D eigenvalue weighted by Crippen LogP contribution is -2.45. The lowest BCUT2D eigenvalue weighted by Gasteiger charge is -2.40. The van der Waals surface area contributed by atoms with Crippen LogP contribution in [0.5, 0.6) is 0 Å². The number of carbonyl (C=O) groups excluding carboxylic acids is 1. The zero-order chi connectivity index (χ0) is 14.9. The molecule has 3 nitrogen and oxygen atoms in total. The van der Waals surface area contributed by atoms with Crippen LogP contribution in [0.1, 0.15) is 65.2 Å². The Labute approximate surface area is 129 Å². The normalized spacial score (nSPS) is 36.1. The van der Waals surface area contributed by atoms with Crippen LogP contribution in [0.4, 0.5) is 0 Å². The van der Waals surface area contributed by atoms with Crippen LogP contribution >= 0.6 is 0 Å². The molecule has 1 amide bonds. The molecule has 2 heterocycles. The average molecular weight is 293 g/mol. The summed E-state index contributed by atoms with van der Waals surface area (Å²) in [5, 5.41) is 0. The van der Waals surface area contributed by atoms with E-state index < -0.39 is 0 Å². The molecule has 1 aliphatic carbocycles. The highest BCUT2D eigenvalue weighted by atomic mass is 16.5. The molecule has 2 saturated heterocycles. The van der Waals surface area contributed by atoms with Crippen LogP contribution in [0.2, 0.25) is 0 Å². The topological polar surface area (TPSA) is 29.5 Å².